The number of halogens is 4. The Morgan fingerprint density at radius 1 is 0.864 bits per heavy atom. The highest BCUT2D eigenvalue weighted by molar-refractivity contribution is 6.06. The van der Waals surface area contributed by atoms with E-state index in [4.69, 9.17) is 10.00 Å². The van der Waals surface area contributed by atoms with Crippen LogP contribution in [0.3, 0.4) is 0 Å². The fourth-order valence-corrected chi connectivity index (χ4v) is 9.90. The van der Waals surface area contributed by atoms with Crippen molar-refractivity contribution in [3.8, 4) is 11.8 Å². The molecule has 0 aliphatic carbocycles. The summed E-state index contributed by atoms with van der Waals surface area (Å²) in [5, 5.41) is 11.5. The number of benzene rings is 3. The summed E-state index contributed by atoms with van der Waals surface area (Å²) in [4.78, 5) is 48.2. The molecule has 4 saturated heterocycles. The van der Waals surface area contributed by atoms with Gasteiger partial charge in [-0.25, -0.2) is 4.39 Å². The van der Waals surface area contributed by atoms with Crippen LogP contribution in [-0.4, -0.2) is 99.6 Å². The van der Waals surface area contributed by atoms with Crippen LogP contribution in [0.1, 0.15) is 77.6 Å². The molecule has 15 heteroatoms. The van der Waals surface area contributed by atoms with Crippen LogP contribution >= 0.6 is 0 Å². The summed E-state index contributed by atoms with van der Waals surface area (Å²) >= 11 is 0. The smallest absolute Gasteiger partial charge is 0.420 e. The number of fused-ring (bicyclic) bond motifs is 1. The number of methoxy groups -OCH3 is 1. The zero-order valence-electron chi connectivity index (χ0n) is 33.4. The lowest BCUT2D eigenvalue weighted by Gasteiger charge is -2.40. The number of nitrogens with one attached hydrogen (secondary N) is 1. The third-order valence-corrected chi connectivity index (χ3v) is 13.1. The number of hydrogen-bond donors (Lipinski definition) is 1. The second-order valence-corrected chi connectivity index (χ2v) is 16.6. The van der Waals surface area contributed by atoms with Crippen LogP contribution in [0.4, 0.5) is 34.6 Å². The Morgan fingerprint density at radius 2 is 1.56 bits per heavy atom. The molecule has 312 valence electrons. The lowest BCUT2D eigenvalue weighted by atomic mass is 9.81. The molecule has 0 spiro atoms. The standard InChI is InChI=1S/C44H49F4N7O4/c1-27-24-54(35-8-5-30(23-49)40(41(35)45)44(46,47)48)16-13-34(27)29-3-6-32(7-4-29)52-14-11-28(12-15-52)25-51-17-19-53(20-18-51)33-21-31-26-55(36-9-10-38(56)50-42(36)57)43(58)39(31)37(22-33)59-2/h3-8,21-22,27-28,34,36H,9-20,24-26H2,1-2H3,(H,50,56,57). The van der Waals surface area contributed by atoms with Gasteiger partial charge in [0.05, 0.1) is 30.0 Å². The maximum absolute atomic E-state index is 15.2. The minimum absolute atomic E-state index is 0.0799. The summed E-state index contributed by atoms with van der Waals surface area (Å²) in [6.07, 6.45) is -1.57. The summed E-state index contributed by atoms with van der Waals surface area (Å²) in [5.41, 5.74) is 2.36. The topological polar surface area (TPSA) is 112 Å². The Morgan fingerprint density at radius 3 is 2.20 bits per heavy atom. The molecule has 0 saturated carbocycles. The van der Waals surface area contributed by atoms with Crippen molar-refractivity contribution in [3.63, 3.8) is 0 Å². The van der Waals surface area contributed by atoms with Gasteiger partial charge in [0, 0.05) is 89.3 Å². The van der Waals surface area contributed by atoms with E-state index >= 15 is 4.39 Å². The summed E-state index contributed by atoms with van der Waals surface area (Å²) in [6, 6.07) is 15.8. The maximum atomic E-state index is 15.2. The van der Waals surface area contributed by atoms with Crippen LogP contribution in [-0.2, 0) is 22.3 Å². The maximum Gasteiger partial charge on any atom is 0.420 e. The zero-order chi connectivity index (χ0) is 41.6. The number of hydrogen-bond acceptors (Lipinski definition) is 9. The number of carbonyl (C=O) groups excluding carboxylic acids is 3. The van der Waals surface area contributed by atoms with Crippen molar-refractivity contribution in [2.45, 2.75) is 63.7 Å². The van der Waals surface area contributed by atoms with E-state index in [9.17, 15) is 27.6 Å². The number of amides is 3. The van der Waals surface area contributed by atoms with Gasteiger partial charge in [0.25, 0.3) is 5.91 Å². The lowest BCUT2D eigenvalue weighted by molar-refractivity contribution is -0.140. The molecule has 3 aromatic carbocycles. The minimum Gasteiger partial charge on any atom is -0.496 e. The molecule has 3 unspecified atom stereocenters. The van der Waals surface area contributed by atoms with Gasteiger partial charge in [-0.05, 0) is 84.9 Å². The number of imide groups is 1. The predicted molar refractivity (Wildman–Crippen MR) is 214 cm³/mol. The van der Waals surface area contributed by atoms with Crippen molar-refractivity contribution >= 4 is 34.8 Å². The van der Waals surface area contributed by atoms with E-state index in [2.05, 4.69) is 51.2 Å². The molecular formula is C44H49F4N7O4. The largest absolute Gasteiger partial charge is 0.496 e. The zero-order valence-corrected chi connectivity index (χ0v) is 33.4. The fraction of sp³-hybridized carbons (Fsp3) is 0.500. The number of nitriles is 1. The molecule has 5 aliphatic heterocycles. The van der Waals surface area contributed by atoms with Crippen LogP contribution in [0.2, 0.25) is 0 Å². The van der Waals surface area contributed by atoms with Crippen LogP contribution in [0, 0.1) is 29.0 Å². The molecule has 1 N–H and O–H groups in total. The highest BCUT2D eigenvalue weighted by atomic mass is 19.4. The van der Waals surface area contributed by atoms with E-state index in [0.717, 1.165) is 76.0 Å². The molecule has 8 rings (SSSR count). The average Bonchev–Trinajstić information content (AvgIpc) is 3.55. The number of ether oxygens (including phenoxy) is 1. The van der Waals surface area contributed by atoms with Gasteiger partial charge >= 0.3 is 6.18 Å². The molecule has 0 aromatic heterocycles. The highest BCUT2D eigenvalue weighted by Gasteiger charge is 2.42. The monoisotopic (exact) mass is 815 g/mol. The number of anilines is 3. The number of rotatable bonds is 8. The summed E-state index contributed by atoms with van der Waals surface area (Å²) in [5.74, 6) is -0.991. The van der Waals surface area contributed by atoms with Gasteiger partial charge in [0.2, 0.25) is 11.8 Å². The first-order valence-electron chi connectivity index (χ1n) is 20.6. The molecule has 3 atom stereocenters. The third kappa shape index (κ3) is 8.03. The molecule has 3 amide bonds. The van der Waals surface area contributed by atoms with Gasteiger partial charge in [-0.1, -0.05) is 19.1 Å². The number of piperidine rings is 3. The van der Waals surface area contributed by atoms with E-state index < -0.39 is 35.1 Å². The molecule has 59 heavy (non-hydrogen) atoms. The van der Waals surface area contributed by atoms with E-state index in [0.29, 0.717) is 49.7 Å². The molecule has 4 fully saturated rings. The van der Waals surface area contributed by atoms with Gasteiger partial charge in [-0.2, -0.15) is 18.4 Å². The first-order chi connectivity index (χ1) is 28.3. The van der Waals surface area contributed by atoms with E-state index in [1.54, 1.807) is 16.9 Å². The van der Waals surface area contributed by atoms with Crippen LogP contribution in [0.5, 0.6) is 5.75 Å². The Balaban J connectivity index is 0.808. The van der Waals surface area contributed by atoms with Crippen molar-refractivity contribution in [3.05, 3.63) is 82.2 Å². The fourth-order valence-electron chi connectivity index (χ4n) is 9.90. The van der Waals surface area contributed by atoms with Gasteiger partial charge in [-0.3, -0.25) is 24.6 Å². The highest BCUT2D eigenvalue weighted by Crippen LogP contribution is 2.42. The SMILES string of the molecule is COc1cc(N2CCN(CC3CCN(c4ccc(C5CCN(c6ccc(C#N)c(C(F)(F)F)c6F)CC5C)cc4)CC3)CC2)cc2c1C(=O)N(C1CCC(=O)NC1=O)C2. The van der Waals surface area contributed by atoms with Crippen molar-refractivity contribution in [2.24, 2.45) is 11.8 Å². The van der Waals surface area contributed by atoms with Crippen molar-refractivity contribution in [1.29, 1.82) is 5.26 Å². The van der Waals surface area contributed by atoms with Crippen molar-refractivity contribution in [2.75, 3.05) is 80.7 Å². The molecular weight excluding hydrogens is 767 g/mol. The van der Waals surface area contributed by atoms with Crippen molar-refractivity contribution in [1.82, 2.24) is 15.1 Å². The Hall–Kier alpha value is -5.36. The van der Waals surface area contributed by atoms with Gasteiger partial charge < -0.3 is 24.3 Å². The Labute approximate surface area is 341 Å². The number of nitrogens with zero attached hydrogens (tertiary/aromatic N) is 6. The lowest BCUT2D eigenvalue weighted by Crippen LogP contribution is -2.52. The summed E-state index contributed by atoms with van der Waals surface area (Å²) in [6.45, 7) is 9.72. The molecule has 5 aliphatic rings. The van der Waals surface area contributed by atoms with Gasteiger partial charge in [0.1, 0.15) is 17.4 Å². The summed E-state index contributed by atoms with van der Waals surface area (Å²) < 4.78 is 61.7. The number of piperazine rings is 1. The second-order valence-electron chi connectivity index (χ2n) is 16.6. The molecule has 11 nitrogen and oxygen atoms in total. The molecule has 3 aromatic rings. The first kappa shape index (κ1) is 40.4. The normalized spacial score (nSPS) is 23.3. The van der Waals surface area contributed by atoms with Crippen LogP contribution < -0.4 is 24.8 Å². The third-order valence-electron chi connectivity index (χ3n) is 13.1. The van der Waals surface area contributed by atoms with Gasteiger partial charge in [-0.15, -0.1) is 0 Å². The average molecular weight is 816 g/mol. The minimum atomic E-state index is -4.95. The molecule has 0 bridgehead atoms. The van der Waals surface area contributed by atoms with Crippen LogP contribution in [0.25, 0.3) is 0 Å². The molecule has 0 radical (unpaired) electrons. The second kappa shape index (κ2) is 16.4. The Kier molecular flexibility index (Phi) is 11.2. The van der Waals surface area contributed by atoms with Crippen LogP contribution in [0.15, 0.2) is 48.5 Å². The van der Waals surface area contributed by atoms with Gasteiger partial charge in [0.15, 0.2) is 5.82 Å². The van der Waals surface area contributed by atoms with E-state index in [1.165, 1.54) is 23.4 Å². The molecule has 5 heterocycles. The summed E-state index contributed by atoms with van der Waals surface area (Å²) in [7, 11) is 1.56. The van der Waals surface area contributed by atoms with Crippen molar-refractivity contribution < 1.29 is 36.7 Å². The predicted octanol–water partition coefficient (Wildman–Crippen LogP) is 6.15. The van der Waals surface area contributed by atoms with E-state index in [1.807, 2.05) is 12.1 Å². The number of carbonyl (C=O) groups is 3. The number of alkyl halides is 3. The van der Waals surface area contributed by atoms with E-state index in [-0.39, 0.29) is 35.8 Å². The first-order valence-corrected chi connectivity index (χ1v) is 20.6. The Bertz CT molecular complexity index is 2140. The quantitative estimate of drug-likeness (QED) is 0.211.